The van der Waals surface area contributed by atoms with Gasteiger partial charge < -0.3 is 0 Å². The average Bonchev–Trinajstić information content (AvgIpc) is 2.04. The summed E-state index contributed by atoms with van der Waals surface area (Å²) in [4.78, 5) is 10.7. The Balaban J connectivity index is 3.51. The molecule has 0 aliphatic rings. The number of nitrogens with zero attached hydrogens (tertiary/aromatic N) is 1. The lowest BCUT2D eigenvalue weighted by molar-refractivity contribution is -0.120. The van der Waals surface area contributed by atoms with E-state index in [1.54, 1.807) is 13.1 Å². The average molecular weight is 156 g/mol. The second kappa shape index (κ2) is 5.89. The minimum Gasteiger partial charge on any atom is -0.273 e. The Bertz CT molecular complexity index is 143. The van der Waals surface area contributed by atoms with Gasteiger partial charge in [0.05, 0.1) is 0 Å². The van der Waals surface area contributed by atoms with Crippen molar-refractivity contribution < 1.29 is 4.79 Å². The van der Waals surface area contributed by atoms with Crippen molar-refractivity contribution in [1.29, 1.82) is 0 Å². The monoisotopic (exact) mass is 156 g/mol. The van der Waals surface area contributed by atoms with Crippen molar-refractivity contribution in [3.8, 4) is 0 Å². The van der Waals surface area contributed by atoms with Crippen molar-refractivity contribution in [3.63, 3.8) is 0 Å². The normalized spacial score (nSPS) is 13.4. The second-order valence-corrected chi connectivity index (χ2v) is 2.55. The fraction of sp³-hybridized carbons (Fsp3) is 0.750. The van der Waals surface area contributed by atoms with Crippen molar-refractivity contribution in [2.75, 3.05) is 0 Å². The van der Waals surface area contributed by atoms with E-state index in [9.17, 15) is 4.79 Å². The summed E-state index contributed by atoms with van der Waals surface area (Å²) >= 11 is 0. The lowest BCUT2D eigenvalue weighted by atomic mass is 10.1. The van der Waals surface area contributed by atoms with Gasteiger partial charge in [-0.1, -0.05) is 20.8 Å². The topological polar surface area (TPSA) is 41.5 Å². The highest BCUT2D eigenvalue weighted by Gasteiger charge is 1.93. The third-order valence-electron chi connectivity index (χ3n) is 1.48. The molecule has 3 heteroatoms. The molecular formula is C8H16N2O. The van der Waals surface area contributed by atoms with Gasteiger partial charge in [-0.3, -0.25) is 4.79 Å². The van der Waals surface area contributed by atoms with Gasteiger partial charge in [0.15, 0.2) is 0 Å². The fourth-order valence-corrected chi connectivity index (χ4v) is 0.421. The highest BCUT2D eigenvalue weighted by atomic mass is 16.2. The van der Waals surface area contributed by atoms with E-state index < -0.39 is 0 Å². The first-order valence-electron chi connectivity index (χ1n) is 4.02. The predicted molar refractivity (Wildman–Crippen MR) is 46.4 cm³/mol. The smallest absolute Gasteiger partial charge is 0.239 e. The zero-order valence-corrected chi connectivity index (χ0v) is 7.42. The molecule has 0 aromatic heterocycles. The van der Waals surface area contributed by atoms with Crippen LogP contribution in [0, 0.1) is 5.92 Å². The summed E-state index contributed by atoms with van der Waals surface area (Å²) in [6, 6.07) is 0. The van der Waals surface area contributed by atoms with Crippen LogP contribution in [0.5, 0.6) is 0 Å². The number of amides is 1. The summed E-state index contributed by atoms with van der Waals surface area (Å²) in [6.07, 6.45) is 3.29. The van der Waals surface area contributed by atoms with Crippen LogP contribution in [0.25, 0.3) is 0 Å². The zero-order valence-electron chi connectivity index (χ0n) is 7.42. The maximum absolute atomic E-state index is 10.7. The van der Waals surface area contributed by atoms with Crippen LogP contribution in [-0.4, -0.2) is 12.1 Å². The molecule has 0 bridgehead atoms. The van der Waals surface area contributed by atoms with Crippen LogP contribution in [0.2, 0.25) is 0 Å². The molecule has 1 atom stereocenters. The minimum atomic E-state index is -0.0375. The van der Waals surface area contributed by atoms with Gasteiger partial charge in [-0.15, -0.1) is 0 Å². The van der Waals surface area contributed by atoms with Crippen LogP contribution in [0.1, 0.15) is 33.6 Å². The largest absolute Gasteiger partial charge is 0.273 e. The van der Waals surface area contributed by atoms with E-state index in [-0.39, 0.29) is 5.91 Å². The van der Waals surface area contributed by atoms with Crippen molar-refractivity contribution >= 4 is 12.1 Å². The standard InChI is InChI=1S/C8H16N2O/c1-4-7(3)6-9-10-8(11)5-2/h6-7H,4-5H2,1-3H3,(H,10,11)/b9-6+. The summed E-state index contributed by atoms with van der Waals surface area (Å²) in [7, 11) is 0. The third-order valence-corrected chi connectivity index (χ3v) is 1.48. The Morgan fingerprint density at radius 2 is 2.27 bits per heavy atom. The number of hydrogen-bond donors (Lipinski definition) is 1. The minimum absolute atomic E-state index is 0.0375. The van der Waals surface area contributed by atoms with E-state index >= 15 is 0 Å². The van der Waals surface area contributed by atoms with E-state index in [1.807, 2.05) is 0 Å². The first-order valence-corrected chi connectivity index (χ1v) is 4.02. The molecule has 0 aliphatic heterocycles. The molecule has 1 N–H and O–H groups in total. The van der Waals surface area contributed by atoms with Crippen LogP contribution in [0.15, 0.2) is 5.10 Å². The van der Waals surface area contributed by atoms with Crippen molar-refractivity contribution in [3.05, 3.63) is 0 Å². The van der Waals surface area contributed by atoms with Gasteiger partial charge in [-0.2, -0.15) is 5.10 Å². The first-order chi connectivity index (χ1) is 5.20. The Kier molecular flexibility index (Phi) is 5.43. The Morgan fingerprint density at radius 3 is 2.73 bits per heavy atom. The van der Waals surface area contributed by atoms with Gasteiger partial charge in [-0.05, 0) is 12.3 Å². The van der Waals surface area contributed by atoms with Gasteiger partial charge in [0.2, 0.25) is 5.91 Å². The molecule has 11 heavy (non-hydrogen) atoms. The van der Waals surface area contributed by atoms with E-state index in [2.05, 4.69) is 24.4 Å². The lowest BCUT2D eigenvalue weighted by Crippen LogP contribution is -2.16. The van der Waals surface area contributed by atoms with Crippen LogP contribution in [0.3, 0.4) is 0 Å². The van der Waals surface area contributed by atoms with E-state index in [4.69, 9.17) is 0 Å². The van der Waals surface area contributed by atoms with Crippen molar-refractivity contribution in [2.24, 2.45) is 11.0 Å². The predicted octanol–water partition coefficient (Wildman–Crippen LogP) is 1.54. The van der Waals surface area contributed by atoms with Crippen LogP contribution in [0.4, 0.5) is 0 Å². The molecule has 0 spiro atoms. The molecule has 1 amide bonds. The highest BCUT2D eigenvalue weighted by Crippen LogP contribution is 1.94. The quantitative estimate of drug-likeness (QED) is 0.487. The molecule has 0 radical (unpaired) electrons. The number of hydrazone groups is 1. The fourth-order valence-electron chi connectivity index (χ4n) is 0.421. The van der Waals surface area contributed by atoms with Crippen molar-refractivity contribution in [2.45, 2.75) is 33.6 Å². The molecule has 0 aliphatic carbocycles. The summed E-state index contributed by atoms with van der Waals surface area (Å²) < 4.78 is 0. The van der Waals surface area contributed by atoms with Crippen LogP contribution in [-0.2, 0) is 4.79 Å². The number of carbonyl (C=O) groups is 1. The summed E-state index contributed by atoms with van der Waals surface area (Å²) in [5.41, 5.74) is 2.43. The Labute approximate surface area is 67.9 Å². The Hall–Kier alpha value is -0.860. The third kappa shape index (κ3) is 5.58. The summed E-state index contributed by atoms with van der Waals surface area (Å²) in [5, 5.41) is 3.79. The number of hydrogen-bond acceptors (Lipinski definition) is 2. The lowest BCUT2D eigenvalue weighted by Gasteiger charge is -1.98. The summed E-state index contributed by atoms with van der Waals surface area (Å²) in [6.45, 7) is 5.94. The van der Waals surface area contributed by atoms with Crippen LogP contribution < -0.4 is 5.43 Å². The highest BCUT2D eigenvalue weighted by molar-refractivity contribution is 5.76. The molecule has 0 saturated carbocycles. The molecule has 3 nitrogen and oxygen atoms in total. The number of carbonyl (C=O) groups excluding carboxylic acids is 1. The Morgan fingerprint density at radius 1 is 1.64 bits per heavy atom. The molecule has 0 fully saturated rings. The number of rotatable bonds is 4. The van der Waals surface area contributed by atoms with E-state index in [0.29, 0.717) is 12.3 Å². The van der Waals surface area contributed by atoms with Crippen molar-refractivity contribution in [1.82, 2.24) is 5.43 Å². The van der Waals surface area contributed by atoms with Gasteiger partial charge in [-0.25, -0.2) is 5.43 Å². The molecule has 1 unspecified atom stereocenters. The molecule has 64 valence electrons. The van der Waals surface area contributed by atoms with E-state index in [0.717, 1.165) is 6.42 Å². The van der Waals surface area contributed by atoms with E-state index in [1.165, 1.54) is 0 Å². The maximum Gasteiger partial charge on any atom is 0.239 e. The van der Waals surface area contributed by atoms with Gasteiger partial charge in [0.25, 0.3) is 0 Å². The molecular weight excluding hydrogens is 140 g/mol. The molecule has 0 aromatic carbocycles. The molecule has 0 aromatic rings. The summed E-state index contributed by atoms with van der Waals surface area (Å²) in [5.74, 6) is 0.400. The molecule has 0 heterocycles. The molecule has 0 saturated heterocycles. The van der Waals surface area contributed by atoms with Crippen LogP contribution >= 0.6 is 0 Å². The maximum atomic E-state index is 10.7. The molecule has 0 rings (SSSR count). The van der Waals surface area contributed by atoms with Gasteiger partial charge in [0, 0.05) is 12.6 Å². The second-order valence-electron chi connectivity index (χ2n) is 2.55. The zero-order chi connectivity index (χ0) is 8.69. The van der Waals surface area contributed by atoms with Gasteiger partial charge >= 0.3 is 0 Å². The SMILES string of the molecule is CCC(=O)N/N=C/C(C)CC. The van der Waals surface area contributed by atoms with Gasteiger partial charge in [0.1, 0.15) is 0 Å². The number of nitrogens with one attached hydrogen (secondary N) is 1. The first kappa shape index (κ1) is 10.1.